The lowest BCUT2D eigenvalue weighted by Gasteiger charge is -2.27. The van der Waals surface area contributed by atoms with Crippen LogP contribution in [0.2, 0.25) is 0 Å². The van der Waals surface area contributed by atoms with Crippen molar-refractivity contribution in [3.05, 3.63) is 144 Å². The first-order chi connectivity index (χ1) is 27.7. The number of aromatic carboxylic acids is 1. The Balaban J connectivity index is 0.000000176. The number of hydrogen-bond acceptors (Lipinski definition) is 7. The highest BCUT2D eigenvalue weighted by atomic mass is 19.1. The van der Waals surface area contributed by atoms with Crippen molar-refractivity contribution >= 4 is 33.7 Å². The molecular weight excluding hydrogens is 741 g/mol. The second-order valence-corrected chi connectivity index (χ2v) is 13.7. The number of pyridine rings is 2. The van der Waals surface area contributed by atoms with Crippen LogP contribution in [0.4, 0.5) is 8.78 Å². The quantitative estimate of drug-likeness (QED) is 0.151. The Morgan fingerprint density at radius 3 is 1.64 bits per heavy atom. The number of morpholine rings is 1. The Kier molecular flexibility index (Phi) is 11.2. The third kappa shape index (κ3) is 7.67. The van der Waals surface area contributed by atoms with Crippen LogP contribution in [-0.2, 0) is 4.74 Å². The van der Waals surface area contributed by atoms with Crippen molar-refractivity contribution < 1.29 is 28.2 Å². The molecule has 0 atom stereocenters. The van der Waals surface area contributed by atoms with Gasteiger partial charge in [-0.1, -0.05) is 19.6 Å². The van der Waals surface area contributed by atoms with Crippen LogP contribution in [0.1, 0.15) is 39.3 Å². The van der Waals surface area contributed by atoms with E-state index in [0.717, 1.165) is 38.9 Å². The number of benzene rings is 4. The summed E-state index contributed by atoms with van der Waals surface area (Å²) in [5.41, 5.74) is 9.16. The molecule has 13 heteroatoms. The molecule has 0 bridgehead atoms. The van der Waals surface area contributed by atoms with Gasteiger partial charge in [-0.05, 0) is 109 Å². The summed E-state index contributed by atoms with van der Waals surface area (Å²) in [6.07, 6.45) is 6.68. The van der Waals surface area contributed by atoms with Gasteiger partial charge < -0.3 is 14.7 Å². The van der Waals surface area contributed by atoms with Crippen LogP contribution >= 0.6 is 0 Å². The molecule has 58 heavy (non-hydrogen) atoms. The summed E-state index contributed by atoms with van der Waals surface area (Å²) < 4.78 is 32.8. The molecule has 0 saturated carbocycles. The molecule has 1 aliphatic heterocycles. The van der Waals surface area contributed by atoms with Crippen molar-refractivity contribution in [1.29, 1.82) is 0 Å². The summed E-state index contributed by atoms with van der Waals surface area (Å²) in [5.74, 6) is -1.62. The van der Waals surface area contributed by atoms with E-state index in [4.69, 9.17) is 4.74 Å². The maximum atomic E-state index is 13.8. The fourth-order valence-electron chi connectivity index (χ4n) is 7.02. The monoisotopic (exact) mass is 779 g/mol. The Morgan fingerprint density at radius 2 is 1.16 bits per heavy atom. The number of carboxylic acid groups (broad SMARTS) is 1. The highest BCUT2D eigenvalue weighted by Gasteiger charge is 2.23. The number of halogens is 2. The average molecular weight is 780 g/mol. The number of hydrogen-bond donors (Lipinski definition) is 3. The Bertz CT molecular complexity index is 2810. The number of ether oxygens (including phenoxy) is 1. The lowest BCUT2D eigenvalue weighted by Crippen LogP contribution is -2.40. The van der Waals surface area contributed by atoms with Crippen LogP contribution in [-0.4, -0.2) is 78.5 Å². The zero-order chi connectivity index (χ0) is 39.6. The molecule has 4 aromatic carbocycles. The minimum atomic E-state index is -1.04. The number of carbonyl (C=O) groups excluding carboxylic acids is 1. The number of H-pyrrole nitrogens is 2. The van der Waals surface area contributed by atoms with Gasteiger partial charge >= 0.3 is 5.97 Å². The van der Waals surface area contributed by atoms with E-state index in [9.17, 15) is 23.5 Å². The number of aryl methyl sites for hydroxylation is 2. The second-order valence-electron chi connectivity index (χ2n) is 13.7. The predicted molar refractivity (Wildman–Crippen MR) is 219 cm³/mol. The number of carboxylic acids is 1. The van der Waals surface area contributed by atoms with Gasteiger partial charge in [0.05, 0.1) is 59.2 Å². The van der Waals surface area contributed by atoms with Crippen molar-refractivity contribution in [2.24, 2.45) is 0 Å². The molecule has 1 amide bonds. The molecule has 8 aromatic rings. The first-order valence-electron chi connectivity index (χ1n) is 18.1. The molecule has 1 fully saturated rings. The molecule has 0 unspecified atom stereocenters. The van der Waals surface area contributed by atoms with Gasteiger partial charge in [0.15, 0.2) is 0 Å². The maximum Gasteiger partial charge on any atom is 0.337 e. The van der Waals surface area contributed by atoms with Crippen LogP contribution in [0.15, 0.2) is 110 Å². The van der Waals surface area contributed by atoms with E-state index in [2.05, 4.69) is 30.4 Å². The normalized spacial score (nSPS) is 12.5. The molecule has 292 valence electrons. The maximum absolute atomic E-state index is 13.8. The average Bonchev–Trinajstić information content (AvgIpc) is 3.93. The first kappa shape index (κ1) is 39.1. The summed E-state index contributed by atoms with van der Waals surface area (Å²) >= 11 is 0. The Morgan fingerprint density at radius 1 is 0.672 bits per heavy atom. The summed E-state index contributed by atoms with van der Waals surface area (Å²) in [5, 5.41) is 24.8. The minimum Gasteiger partial charge on any atom is -0.478 e. The number of nitrogens with one attached hydrogen (secondary N) is 2. The van der Waals surface area contributed by atoms with Gasteiger partial charge in [-0.3, -0.25) is 25.0 Å². The predicted octanol–water partition coefficient (Wildman–Crippen LogP) is 9.29. The van der Waals surface area contributed by atoms with Crippen LogP contribution < -0.4 is 0 Å². The standard InChI is InChI=1S/C24H21FN4O2.C20H14FN3O2.CH4/c1-15-11-16(4-5-21(15)25)22-19(3-2-6-26-22)17-12-18-14-27-28-23(18)20(13-17)24(30)29-7-9-31-10-8-29;1-11-7-12(4-5-17(11)21)18-15(3-2-6-22-18)13-8-14-10-23-24-19(14)16(9-13)20(25)26;/h2-6,11-14H,7-10H2,1H3,(H,27,28);2-10H,1H3,(H,23,24)(H,25,26);1H4. The molecule has 3 N–H and O–H groups in total. The van der Waals surface area contributed by atoms with E-state index in [-0.39, 0.29) is 30.5 Å². The summed E-state index contributed by atoms with van der Waals surface area (Å²) in [7, 11) is 0. The van der Waals surface area contributed by atoms with E-state index < -0.39 is 5.97 Å². The topological polar surface area (TPSA) is 150 Å². The molecule has 1 aliphatic rings. The van der Waals surface area contributed by atoms with Gasteiger partial charge in [0.25, 0.3) is 5.91 Å². The van der Waals surface area contributed by atoms with Gasteiger partial charge in [-0.25, -0.2) is 13.6 Å². The summed E-state index contributed by atoms with van der Waals surface area (Å²) in [6.45, 7) is 5.62. The van der Waals surface area contributed by atoms with Crippen molar-refractivity contribution in [2.45, 2.75) is 21.3 Å². The van der Waals surface area contributed by atoms with Crippen molar-refractivity contribution in [3.63, 3.8) is 0 Å². The number of fused-ring (bicyclic) bond motifs is 2. The lowest BCUT2D eigenvalue weighted by atomic mass is 9.95. The van der Waals surface area contributed by atoms with Crippen LogP contribution in [0, 0.1) is 25.5 Å². The van der Waals surface area contributed by atoms with Crippen molar-refractivity contribution in [3.8, 4) is 44.8 Å². The Labute approximate surface area is 332 Å². The number of rotatable bonds is 6. The highest BCUT2D eigenvalue weighted by molar-refractivity contribution is 6.08. The number of carbonyl (C=O) groups is 2. The number of aromatic amines is 2. The van der Waals surface area contributed by atoms with Crippen LogP contribution in [0.25, 0.3) is 66.6 Å². The molecule has 11 nitrogen and oxygen atoms in total. The van der Waals surface area contributed by atoms with E-state index in [0.29, 0.717) is 70.7 Å². The van der Waals surface area contributed by atoms with E-state index in [1.165, 1.54) is 12.1 Å². The number of aromatic nitrogens is 6. The lowest BCUT2D eigenvalue weighted by molar-refractivity contribution is 0.0304. The van der Waals surface area contributed by atoms with Gasteiger partial charge in [-0.2, -0.15) is 10.2 Å². The third-order valence-corrected chi connectivity index (χ3v) is 9.96. The van der Waals surface area contributed by atoms with Gasteiger partial charge in [0.1, 0.15) is 11.6 Å². The fourth-order valence-corrected chi connectivity index (χ4v) is 7.02. The number of amides is 1. The van der Waals surface area contributed by atoms with Crippen LogP contribution in [0.3, 0.4) is 0 Å². The van der Waals surface area contributed by atoms with Crippen molar-refractivity contribution in [1.82, 2.24) is 35.3 Å². The molecular formula is C45H39F2N7O4. The molecule has 9 rings (SSSR count). The molecule has 4 aromatic heterocycles. The van der Waals surface area contributed by atoms with Gasteiger partial charge in [-0.15, -0.1) is 0 Å². The van der Waals surface area contributed by atoms with E-state index in [1.807, 2.05) is 36.4 Å². The third-order valence-electron chi connectivity index (χ3n) is 9.96. The largest absolute Gasteiger partial charge is 0.478 e. The van der Waals surface area contributed by atoms with E-state index >= 15 is 0 Å². The minimum absolute atomic E-state index is 0. The number of nitrogens with zero attached hydrogens (tertiary/aromatic N) is 5. The Hall–Kier alpha value is -7.12. The molecule has 1 saturated heterocycles. The SMILES string of the molecule is C.Cc1cc(-c2ncccc2-c2cc(C(=O)N3CCOCC3)c3[nH]ncc3c2)ccc1F.Cc1cc(-c2ncccc2-c2cc(C(=O)O)c3[nH]ncc3c2)ccc1F. The highest BCUT2D eigenvalue weighted by Crippen LogP contribution is 2.36. The zero-order valence-electron chi connectivity index (χ0n) is 30.9. The second kappa shape index (κ2) is 16.5. The van der Waals surface area contributed by atoms with Crippen molar-refractivity contribution in [2.75, 3.05) is 26.3 Å². The zero-order valence-corrected chi connectivity index (χ0v) is 30.9. The fraction of sp³-hybridized carbons (Fsp3) is 0.156. The summed E-state index contributed by atoms with van der Waals surface area (Å²) in [4.78, 5) is 35.7. The van der Waals surface area contributed by atoms with Gasteiger partial charge in [0.2, 0.25) is 0 Å². The smallest absolute Gasteiger partial charge is 0.337 e. The molecule has 0 spiro atoms. The van der Waals surface area contributed by atoms with Gasteiger partial charge in [0, 0.05) is 58.5 Å². The van der Waals surface area contributed by atoms with Crippen LogP contribution in [0.5, 0.6) is 0 Å². The molecule has 5 heterocycles. The summed E-state index contributed by atoms with van der Waals surface area (Å²) in [6, 6.07) is 24.6. The first-order valence-corrected chi connectivity index (χ1v) is 18.1. The molecule has 0 radical (unpaired) electrons. The molecule has 0 aliphatic carbocycles. The van der Waals surface area contributed by atoms with E-state index in [1.54, 1.807) is 79.9 Å².